The number of esters is 2. The number of unbranched alkanes of at least 4 members (excludes halogenated alkanes) is 14. The highest BCUT2D eigenvalue weighted by Gasteiger charge is 2.25. The molecule has 0 aromatic heterocycles. The number of phosphoric ester groups is 1. The second-order valence-corrected chi connectivity index (χ2v) is 14.7. The fourth-order valence-corrected chi connectivity index (χ4v) is 6.04. The van der Waals surface area contributed by atoms with E-state index < -0.39 is 32.5 Å². The Kier molecular flexibility index (Phi) is 37.3. The predicted molar refractivity (Wildman–Crippen MR) is 221 cm³/mol. The maximum absolute atomic E-state index is 12.5. The van der Waals surface area contributed by atoms with Gasteiger partial charge >= 0.3 is 19.8 Å². The van der Waals surface area contributed by atoms with E-state index in [-0.39, 0.29) is 26.1 Å². The third kappa shape index (κ3) is 39.0. The predicted octanol–water partition coefficient (Wildman–Crippen LogP) is 12.9. The maximum Gasteiger partial charge on any atom is 0.472 e. The minimum atomic E-state index is -4.31. The summed E-state index contributed by atoms with van der Waals surface area (Å²) in [4.78, 5) is 34.6. The first-order valence-corrected chi connectivity index (χ1v) is 22.2. The summed E-state index contributed by atoms with van der Waals surface area (Å²) in [5.41, 5.74) is 0. The van der Waals surface area contributed by atoms with Gasteiger partial charge in [-0.25, -0.2) is 4.57 Å². The number of ether oxygens (including phenoxy) is 2. The van der Waals surface area contributed by atoms with Gasteiger partial charge in [0.2, 0.25) is 0 Å². The van der Waals surface area contributed by atoms with Gasteiger partial charge in [0.05, 0.1) is 19.6 Å². The van der Waals surface area contributed by atoms with Crippen LogP contribution in [0.15, 0.2) is 72.9 Å². The average Bonchev–Trinajstić information content (AvgIpc) is 3.13. The smallest absolute Gasteiger partial charge is 0.462 e. The summed E-state index contributed by atoms with van der Waals surface area (Å²) in [7, 11) is -4.31. The van der Waals surface area contributed by atoms with Crippen LogP contribution in [-0.2, 0) is 32.7 Å². The molecule has 0 amide bonds. The summed E-state index contributed by atoms with van der Waals surface area (Å²) in [6, 6.07) is 0. The van der Waals surface area contributed by atoms with Gasteiger partial charge < -0.3 is 14.4 Å². The van der Waals surface area contributed by atoms with Crippen molar-refractivity contribution in [3.05, 3.63) is 72.9 Å². The first-order valence-electron chi connectivity index (χ1n) is 20.7. The van der Waals surface area contributed by atoms with Gasteiger partial charge in [0.15, 0.2) is 6.10 Å². The molecule has 0 rings (SSSR count). The number of hydrogen-bond donors (Lipinski definition) is 1. The van der Waals surface area contributed by atoms with Gasteiger partial charge in [0, 0.05) is 6.42 Å². The summed E-state index contributed by atoms with van der Waals surface area (Å²) in [5.74, 6) is -0.955. The molecule has 2 atom stereocenters. The van der Waals surface area contributed by atoms with E-state index in [1.807, 2.05) is 12.2 Å². The Hall–Kier alpha value is -2.51. The van der Waals surface area contributed by atoms with Crippen LogP contribution in [0.25, 0.3) is 0 Å². The van der Waals surface area contributed by atoms with Crippen molar-refractivity contribution in [3.63, 3.8) is 0 Å². The van der Waals surface area contributed by atoms with Crippen molar-refractivity contribution in [3.8, 4) is 0 Å². The lowest BCUT2D eigenvalue weighted by Gasteiger charge is -2.19. The van der Waals surface area contributed by atoms with Crippen molar-refractivity contribution < 1.29 is 37.6 Å². The molecule has 0 aliphatic rings. The lowest BCUT2D eigenvalue weighted by Crippen LogP contribution is -2.29. The second kappa shape index (κ2) is 39.2. The zero-order valence-electron chi connectivity index (χ0n) is 33.6. The first kappa shape index (κ1) is 50.5. The summed E-state index contributed by atoms with van der Waals surface area (Å²) in [6.45, 7) is 5.23. The molecule has 9 heteroatoms. The molecule has 0 aliphatic carbocycles. The zero-order chi connectivity index (χ0) is 38.9. The first-order chi connectivity index (χ1) is 25.8. The molecule has 0 fully saturated rings. The minimum absolute atomic E-state index is 0.0101. The van der Waals surface area contributed by atoms with Crippen LogP contribution in [0.5, 0.6) is 0 Å². The Morgan fingerprint density at radius 2 is 1.02 bits per heavy atom. The van der Waals surface area contributed by atoms with Crippen molar-refractivity contribution in [1.29, 1.82) is 0 Å². The topological polar surface area (TPSA) is 108 Å². The number of phosphoric acid groups is 1. The molecular weight excluding hydrogens is 687 g/mol. The van der Waals surface area contributed by atoms with Crippen molar-refractivity contribution in [1.82, 2.24) is 0 Å². The molecule has 0 aromatic rings. The highest BCUT2D eigenvalue weighted by Crippen LogP contribution is 2.43. The Bertz CT molecular complexity index is 1090. The van der Waals surface area contributed by atoms with Crippen LogP contribution in [0.1, 0.15) is 168 Å². The number of hydrogen-bond acceptors (Lipinski definition) is 7. The number of allylic oxidation sites excluding steroid dienone is 11. The number of rotatable bonds is 37. The molecule has 0 bridgehead atoms. The third-order valence-corrected chi connectivity index (χ3v) is 9.34. The van der Waals surface area contributed by atoms with Crippen LogP contribution in [0.2, 0.25) is 0 Å². The maximum atomic E-state index is 12.5. The molecular formula is C44H75O8P. The Morgan fingerprint density at radius 1 is 0.547 bits per heavy atom. The minimum Gasteiger partial charge on any atom is -0.462 e. The van der Waals surface area contributed by atoms with E-state index in [1.54, 1.807) is 13.0 Å². The van der Waals surface area contributed by atoms with Crippen LogP contribution >= 0.6 is 7.82 Å². The molecule has 304 valence electrons. The molecule has 0 saturated carbocycles. The van der Waals surface area contributed by atoms with Gasteiger partial charge in [0.1, 0.15) is 6.61 Å². The van der Waals surface area contributed by atoms with Crippen LogP contribution in [0.3, 0.4) is 0 Å². The highest BCUT2D eigenvalue weighted by atomic mass is 31.2. The lowest BCUT2D eigenvalue weighted by atomic mass is 10.1. The summed E-state index contributed by atoms with van der Waals surface area (Å²) in [5, 5.41) is 0. The van der Waals surface area contributed by atoms with E-state index in [2.05, 4.69) is 68.5 Å². The van der Waals surface area contributed by atoms with Gasteiger partial charge in [0.25, 0.3) is 0 Å². The molecule has 0 aromatic carbocycles. The van der Waals surface area contributed by atoms with Gasteiger partial charge in [-0.15, -0.1) is 0 Å². The molecule has 0 radical (unpaired) electrons. The van der Waals surface area contributed by atoms with Gasteiger partial charge in [-0.3, -0.25) is 18.6 Å². The summed E-state index contributed by atoms with van der Waals surface area (Å²) in [6.07, 6.45) is 48.4. The second-order valence-electron chi connectivity index (χ2n) is 13.3. The largest absolute Gasteiger partial charge is 0.472 e. The van der Waals surface area contributed by atoms with Gasteiger partial charge in [-0.2, -0.15) is 0 Å². The van der Waals surface area contributed by atoms with Crippen molar-refractivity contribution in [2.24, 2.45) is 0 Å². The van der Waals surface area contributed by atoms with Crippen molar-refractivity contribution in [2.45, 2.75) is 175 Å². The Balaban J connectivity index is 4.23. The monoisotopic (exact) mass is 763 g/mol. The molecule has 2 unspecified atom stereocenters. The third-order valence-electron chi connectivity index (χ3n) is 8.28. The van der Waals surface area contributed by atoms with Crippen LogP contribution in [0, 0.1) is 0 Å². The van der Waals surface area contributed by atoms with E-state index in [1.165, 1.54) is 70.6 Å². The molecule has 1 N–H and O–H groups in total. The quantitative estimate of drug-likeness (QED) is 0.0288. The van der Waals surface area contributed by atoms with Gasteiger partial charge in [-0.1, -0.05) is 157 Å². The molecule has 8 nitrogen and oxygen atoms in total. The Morgan fingerprint density at radius 3 is 1.53 bits per heavy atom. The number of carbonyl (C=O) groups excluding carboxylic acids is 2. The van der Waals surface area contributed by atoms with E-state index in [0.29, 0.717) is 6.42 Å². The molecule has 0 saturated heterocycles. The lowest BCUT2D eigenvalue weighted by molar-refractivity contribution is -0.160. The van der Waals surface area contributed by atoms with E-state index >= 15 is 0 Å². The summed E-state index contributed by atoms with van der Waals surface area (Å²) < 4.78 is 32.5. The van der Waals surface area contributed by atoms with Crippen molar-refractivity contribution in [2.75, 3.05) is 19.8 Å². The van der Waals surface area contributed by atoms with Crippen LogP contribution in [-0.4, -0.2) is 42.8 Å². The van der Waals surface area contributed by atoms with Crippen molar-refractivity contribution >= 4 is 19.8 Å². The summed E-state index contributed by atoms with van der Waals surface area (Å²) >= 11 is 0. The normalized spacial score (nSPS) is 14.1. The van der Waals surface area contributed by atoms with Crippen LogP contribution in [0.4, 0.5) is 0 Å². The highest BCUT2D eigenvalue weighted by molar-refractivity contribution is 7.47. The molecule has 0 aliphatic heterocycles. The Labute approximate surface area is 323 Å². The standard InChI is InChI=1S/C44H75O8P/c1-4-7-9-11-13-15-17-19-21-22-23-25-26-28-30-32-34-36-38-43(45)49-40-42(41-51-53(47,48)50-6-3)52-44(46)39-37-35-33-31-29-27-24-20-18-16-14-12-10-8-5-2/h8,10,14,16,20-22,24,29,31,35,37,42H,4-7,9,11-13,15,17-19,23,25-28,30,32-34,36,38-41H2,1-3H3,(H,47,48)/b10-8-,16-14-,22-21-,24-20-,31-29-,37-35-. The van der Waals surface area contributed by atoms with E-state index in [0.717, 1.165) is 57.8 Å². The molecule has 0 spiro atoms. The molecule has 0 heterocycles. The van der Waals surface area contributed by atoms with Crippen LogP contribution < -0.4 is 0 Å². The molecule has 53 heavy (non-hydrogen) atoms. The van der Waals surface area contributed by atoms with E-state index in [9.17, 15) is 19.0 Å². The SMILES string of the molecule is CC/C=C\C/C=C\C/C=C\C/C=C\C/C=C\CC(=O)OC(COC(=O)CCCCCCCCC/C=C\CCCCCCCCC)COP(=O)(O)OCC. The van der Waals surface area contributed by atoms with E-state index in [4.69, 9.17) is 18.5 Å². The number of carbonyl (C=O) groups is 2. The van der Waals surface area contributed by atoms with Gasteiger partial charge in [-0.05, 0) is 71.1 Å². The zero-order valence-corrected chi connectivity index (χ0v) is 34.5. The fraction of sp³-hybridized carbons (Fsp3) is 0.682. The fourth-order valence-electron chi connectivity index (χ4n) is 5.29. The average molecular weight is 763 g/mol.